The van der Waals surface area contributed by atoms with Crippen LogP contribution in [0.3, 0.4) is 0 Å². The topological polar surface area (TPSA) is 154 Å². The van der Waals surface area contributed by atoms with Crippen LogP contribution < -0.4 is 0 Å². The van der Waals surface area contributed by atoms with E-state index in [2.05, 4.69) is 0 Å². The Bertz CT molecular complexity index is 915. The van der Waals surface area contributed by atoms with E-state index in [1.165, 1.54) is 12.1 Å². The average Bonchev–Trinajstić information content (AvgIpc) is 3.10. The number of carbonyl (C=O) groups excluding carboxylic acids is 2. The van der Waals surface area contributed by atoms with E-state index in [9.17, 15) is 9.59 Å². The van der Waals surface area contributed by atoms with Gasteiger partial charge in [-0.1, -0.05) is 12.1 Å². The summed E-state index contributed by atoms with van der Waals surface area (Å²) < 4.78 is 72.4. The molecule has 1 aromatic carbocycles. The molecular weight excluding hydrogens is 624 g/mol. The van der Waals surface area contributed by atoms with E-state index >= 15 is 0 Å². The van der Waals surface area contributed by atoms with Crippen LogP contribution in [0.5, 0.6) is 0 Å². The summed E-state index contributed by atoms with van der Waals surface area (Å²) >= 11 is 0. The molecule has 0 radical (unpaired) electrons. The molecule has 2 fully saturated rings. The van der Waals surface area contributed by atoms with E-state index in [-0.39, 0.29) is 50.8 Å². The number of hydrogen-bond acceptors (Lipinski definition) is 15. The maximum atomic E-state index is 13.1. The van der Waals surface area contributed by atoms with Crippen molar-refractivity contribution in [3.63, 3.8) is 0 Å². The highest BCUT2D eigenvalue weighted by Gasteiger charge is 2.22. The minimum atomic E-state index is -0.702. The Morgan fingerprint density at radius 1 is 0.447 bits per heavy atom. The first-order chi connectivity index (χ1) is 23.2. The maximum absolute atomic E-state index is 13.1. The van der Waals surface area contributed by atoms with Crippen LogP contribution in [0.1, 0.15) is 20.7 Å². The van der Waals surface area contributed by atoms with E-state index in [1.807, 2.05) is 0 Å². The molecule has 2 aliphatic heterocycles. The van der Waals surface area contributed by atoms with Gasteiger partial charge in [-0.2, -0.15) is 0 Å². The fourth-order valence-electron chi connectivity index (χ4n) is 4.14. The second kappa shape index (κ2) is 26.6. The highest BCUT2D eigenvalue weighted by molar-refractivity contribution is 6.03. The average molecular weight is 675 g/mol. The lowest BCUT2D eigenvalue weighted by Gasteiger charge is -2.20. The van der Waals surface area contributed by atoms with Crippen molar-refractivity contribution in [2.24, 2.45) is 0 Å². The second-order valence-electron chi connectivity index (χ2n) is 10.2. The van der Waals surface area contributed by atoms with Crippen molar-refractivity contribution >= 4 is 11.9 Å². The molecule has 1 aromatic rings. The standard InChI is InChI=1S/C32H50O15/c33-31(46-25-27-23-42-17-15-38-9-7-35-5-6-36-11-13-40-19-21-44-27)29-3-1-2-4-30(29)32(34)47-26-28-24-43-18-16-39-10-8-37-12-14-41-20-22-45-28/h1-4,27-28H,5-26H2. The quantitative estimate of drug-likeness (QED) is 0.393. The molecule has 2 saturated heterocycles. The predicted molar refractivity (Wildman–Crippen MR) is 164 cm³/mol. The minimum absolute atomic E-state index is 0.0598. The molecular formula is C32H50O15. The lowest BCUT2D eigenvalue weighted by molar-refractivity contribution is -0.0772. The van der Waals surface area contributed by atoms with E-state index in [0.717, 1.165) is 0 Å². The summed E-state index contributed by atoms with van der Waals surface area (Å²) in [4.78, 5) is 26.2. The Balaban J connectivity index is 1.49. The van der Waals surface area contributed by atoms with Crippen molar-refractivity contribution in [1.82, 2.24) is 0 Å². The maximum Gasteiger partial charge on any atom is 0.339 e. The van der Waals surface area contributed by atoms with E-state index in [4.69, 9.17) is 61.6 Å². The van der Waals surface area contributed by atoms with Crippen molar-refractivity contribution in [3.05, 3.63) is 35.4 Å². The molecule has 0 aromatic heterocycles. The van der Waals surface area contributed by atoms with Crippen LogP contribution in [-0.2, 0) is 61.6 Å². The summed E-state index contributed by atoms with van der Waals surface area (Å²) in [6.07, 6.45) is -1.12. The van der Waals surface area contributed by atoms with Crippen LogP contribution in [0.15, 0.2) is 24.3 Å². The summed E-state index contributed by atoms with van der Waals surface area (Å²) in [6.45, 7) is 7.34. The SMILES string of the molecule is O=C(OCC1COCCOCCOCCOCCOCCO1)c1ccccc1C(=O)OCC1COCCOCCOCCOCCO1. The number of carbonyl (C=O) groups is 2. The molecule has 3 rings (SSSR count). The number of hydrogen-bond donors (Lipinski definition) is 0. The Morgan fingerprint density at radius 3 is 1.04 bits per heavy atom. The highest BCUT2D eigenvalue weighted by Crippen LogP contribution is 2.13. The van der Waals surface area contributed by atoms with Gasteiger partial charge in [-0.3, -0.25) is 0 Å². The summed E-state index contributed by atoms with van der Waals surface area (Å²) in [5.74, 6) is -1.40. The van der Waals surface area contributed by atoms with E-state index < -0.39 is 24.1 Å². The summed E-state index contributed by atoms with van der Waals surface area (Å²) in [5.41, 5.74) is 0.121. The molecule has 15 heteroatoms. The zero-order valence-corrected chi connectivity index (χ0v) is 27.1. The summed E-state index contributed by atoms with van der Waals surface area (Å²) in [5, 5.41) is 0. The van der Waals surface area contributed by atoms with Crippen molar-refractivity contribution in [2.75, 3.05) is 145 Å². The zero-order valence-electron chi connectivity index (χ0n) is 27.1. The van der Waals surface area contributed by atoms with Gasteiger partial charge in [-0.05, 0) is 12.1 Å². The predicted octanol–water partition coefficient (Wildman–Crippen LogP) is 0.947. The Hall–Kier alpha value is -2.28. The van der Waals surface area contributed by atoms with Gasteiger partial charge in [-0.15, -0.1) is 0 Å². The molecule has 268 valence electrons. The van der Waals surface area contributed by atoms with Gasteiger partial charge in [0.2, 0.25) is 0 Å². The summed E-state index contributed by atoms with van der Waals surface area (Å²) in [7, 11) is 0. The van der Waals surface area contributed by atoms with Gasteiger partial charge in [0.15, 0.2) is 0 Å². The van der Waals surface area contributed by atoms with Gasteiger partial charge < -0.3 is 61.6 Å². The molecule has 2 unspecified atom stereocenters. The lowest BCUT2D eigenvalue weighted by atomic mass is 10.1. The van der Waals surface area contributed by atoms with Crippen LogP contribution in [0.4, 0.5) is 0 Å². The van der Waals surface area contributed by atoms with Gasteiger partial charge in [-0.25, -0.2) is 9.59 Å². The number of esters is 2. The smallest absolute Gasteiger partial charge is 0.339 e. The van der Waals surface area contributed by atoms with Crippen LogP contribution in [0.2, 0.25) is 0 Å². The van der Waals surface area contributed by atoms with Crippen LogP contribution in [0, 0.1) is 0 Å². The van der Waals surface area contributed by atoms with Crippen molar-refractivity contribution in [3.8, 4) is 0 Å². The van der Waals surface area contributed by atoms with Gasteiger partial charge in [0.05, 0.1) is 143 Å². The zero-order chi connectivity index (χ0) is 33.0. The Kier molecular flexibility index (Phi) is 22.2. The first-order valence-corrected chi connectivity index (χ1v) is 16.1. The normalized spacial score (nSPS) is 23.6. The third kappa shape index (κ3) is 18.7. The van der Waals surface area contributed by atoms with Crippen LogP contribution in [-0.4, -0.2) is 169 Å². The molecule has 0 amide bonds. The van der Waals surface area contributed by atoms with Gasteiger partial charge >= 0.3 is 11.9 Å². The molecule has 47 heavy (non-hydrogen) atoms. The fraction of sp³-hybridized carbons (Fsp3) is 0.750. The fourth-order valence-corrected chi connectivity index (χ4v) is 4.14. The first kappa shape index (κ1) is 39.2. The summed E-state index contributed by atoms with van der Waals surface area (Å²) in [6, 6.07) is 6.28. The van der Waals surface area contributed by atoms with Gasteiger partial charge in [0.25, 0.3) is 0 Å². The molecule has 0 aliphatic carbocycles. The molecule has 0 saturated carbocycles. The molecule has 15 nitrogen and oxygen atoms in total. The molecule has 2 atom stereocenters. The third-order valence-electron chi connectivity index (χ3n) is 6.54. The minimum Gasteiger partial charge on any atom is -0.459 e. The van der Waals surface area contributed by atoms with Crippen molar-refractivity contribution < 1.29 is 71.2 Å². The van der Waals surface area contributed by atoms with Crippen molar-refractivity contribution in [1.29, 1.82) is 0 Å². The molecule has 2 aliphatic rings. The second-order valence-corrected chi connectivity index (χ2v) is 10.2. The van der Waals surface area contributed by atoms with Gasteiger partial charge in [0, 0.05) is 0 Å². The lowest BCUT2D eigenvalue weighted by Crippen LogP contribution is -2.30. The van der Waals surface area contributed by atoms with E-state index in [0.29, 0.717) is 106 Å². The number of ether oxygens (including phenoxy) is 13. The molecule has 0 N–H and O–H groups in total. The Morgan fingerprint density at radius 2 is 0.723 bits per heavy atom. The van der Waals surface area contributed by atoms with Crippen LogP contribution in [0.25, 0.3) is 0 Å². The molecule has 0 spiro atoms. The largest absolute Gasteiger partial charge is 0.459 e. The van der Waals surface area contributed by atoms with Crippen LogP contribution >= 0.6 is 0 Å². The first-order valence-electron chi connectivity index (χ1n) is 16.1. The van der Waals surface area contributed by atoms with Crippen molar-refractivity contribution in [2.45, 2.75) is 12.2 Å². The number of benzene rings is 1. The Labute approximate surface area is 276 Å². The monoisotopic (exact) mass is 674 g/mol. The third-order valence-corrected chi connectivity index (χ3v) is 6.54. The van der Waals surface area contributed by atoms with Gasteiger partial charge in [0.1, 0.15) is 25.4 Å². The molecule has 0 bridgehead atoms. The highest BCUT2D eigenvalue weighted by atomic mass is 16.6. The number of rotatable bonds is 6. The van der Waals surface area contributed by atoms with E-state index in [1.54, 1.807) is 12.1 Å². The molecule has 2 heterocycles.